The van der Waals surface area contributed by atoms with E-state index < -0.39 is 22.1 Å². The normalized spacial score (nSPS) is 14.2. The summed E-state index contributed by atoms with van der Waals surface area (Å²) >= 11 is 0. The van der Waals surface area contributed by atoms with Crippen LogP contribution in [0.4, 0.5) is 11.4 Å². The average molecular weight is 582 g/mol. The van der Waals surface area contributed by atoms with E-state index in [9.17, 15) is 18.0 Å². The van der Waals surface area contributed by atoms with Crippen molar-refractivity contribution in [3.8, 4) is 11.5 Å². The van der Waals surface area contributed by atoms with Gasteiger partial charge in [-0.15, -0.1) is 0 Å². The number of nitrogens with zero attached hydrogens (tertiary/aromatic N) is 2. The van der Waals surface area contributed by atoms with Crippen molar-refractivity contribution in [1.82, 2.24) is 4.90 Å². The second kappa shape index (κ2) is 12.9. The van der Waals surface area contributed by atoms with Gasteiger partial charge < -0.3 is 24.0 Å². The van der Waals surface area contributed by atoms with E-state index in [1.807, 2.05) is 24.3 Å². The minimum atomic E-state index is -3.98. The number of para-hydroxylation sites is 2. The molecule has 1 unspecified atom stereocenters. The molecule has 1 amide bonds. The Kier molecular flexibility index (Phi) is 9.38. The lowest BCUT2D eigenvalue weighted by Gasteiger charge is -2.36. The average Bonchev–Trinajstić information content (AvgIpc) is 2.98. The van der Waals surface area contributed by atoms with Crippen molar-refractivity contribution < 1.29 is 32.2 Å². The van der Waals surface area contributed by atoms with Crippen LogP contribution < -0.4 is 19.1 Å². The van der Waals surface area contributed by atoms with Crippen molar-refractivity contribution in [2.75, 3.05) is 49.5 Å². The van der Waals surface area contributed by atoms with E-state index in [1.54, 1.807) is 51.0 Å². The number of anilines is 2. The first-order chi connectivity index (χ1) is 19.6. The lowest BCUT2D eigenvalue weighted by Crippen LogP contribution is -2.49. The highest BCUT2D eigenvalue weighted by Gasteiger charge is 2.26. The predicted octanol–water partition coefficient (Wildman–Crippen LogP) is 4.10. The monoisotopic (exact) mass is 581 g/mol. The molecule has 41 heavy (non-hydrogen) atoms. The maximum Gasteiger partial charge on any atom is 0.347 e. The topological polar surface area (TPSA) is 114 Å². The van der Waals surface area contributed by atoms with Gasteiger partial charge in [0.25, 0.3) is 15.9 Å². The zero-order chi connectivity index (χ0) is 29.6. The highest BCUT2D eigenvalue weighted by Crippen LogP contribution is 2.29. The number of methoxy groups -OCH3 is 1. The molecule has 1 atom stereocenters. The Morgan fingerprint density at radius 1 is 0.976 bits per heavy atom. The Balaban J connectivity index is 1.42. The van der Waals surface area contributed by atoms with Crippen molar-refractivity contribution in [1.29, 1.82) is 0 Å². The molecule has 1 heterocycles. The molecular formula is C30H35N3O7S. The molecule has 0 saturated carbocycles. The summed E-state index contributed by atoms with van der Waals surface area (Å²) in [7, 11) is -2.35. The number of hydrogen-bond donors (Lipinski definition) is 1. The minimum Gasteiger partial charge on any atom is -0.495 e. The SMILES string of the molecule is CCOC(=O)C(C)Oc1ccc(NS(=O)(=O)c2ccc(C)c(C(=O)N3CCN(c4ccccc4OC)CC3)c2)cc1. The van der Waals surface area contributed by atoms with Crippen LogP contribution in [0, 0.1) is 6.92 Å². The highest BCUT2D eigenvalue weighted by atomic mass is 32.2. The van der Waals surface area contributed by atoms with Crippen LogP contribution in [0.15, 0.2) is 71.6 Å². The molecule has 1 N–H and O–H groups in total. The molecule has 3 aromatic carbocycles. The summed E-state index contributed by atoms with van der Waals surface area (Å²) in [5.41, 5.74) is 2.32. The molecule has 1 aliphatic heterocycles. The maximum absolute atomic E-state index is 13.5. The summed E-state index contributed by atoms with van der Waals surface area (Å²) in [5, 5.41) is 0. The van der Waals surface area contributed by atoms with Crippen molar-refractivity contribution in [2.24, 2.45) is 0 Å². The van der Waals surface area contributed by atoms with E-state index in [-0.39, 0.29) is 17.4 Å². The zero-order valence-electron chi connectivity index (χ0n) is 23.6. The fourth-order valence-corrected chi connectivity index (χ4v) is 5.62. The lowest BCUT2D eigenvalue weighted by atomic mass is 10.1. The number of nitrogens with one attached hydrogen (secondary N) is 1. The number of benzene rings is 3. The molecule has 4 rings (SSSR count). The van der Waals surface area contributed by atoms with Crippen LogP contribution in [0.2, 0.25) is 0 Å². The standard InChI is InChI=1S/C30H35N3O7S/c1-5-39-30(35)22(3)40-24-13-11-23(12-14-24)31-41(36,37)25-15-10-21(2)26(20-25)29(34)33-18-16-32(17-19-33)27-8-6-7-9-28(27)38-4/h6-15,20,22,31H,5,16-19H2,1-4H3. The Morgan fingerprint density at radius 3 is 2.32 bits per heavy atom. The van der Waals surface area contributed by atoms with Crippen LogP contribution in [0.3, 0.4) is 0 Å². The fourth-order valence-electron chi connectivity index (χ4n) is 4.54. The number of esters is 1. The summed E-state index contributed by atoms with van der Waals surface area (Å²) in [4.78, 5) is 29.1. The van der Waals surface area contributed by atoms with E-state index in [4.69, 9.17) is 14.2 Å². The largest absolute Gasteiger partial charge is 0.495 e. The number of aryl methyl sites for hydroxylation is 1. The zero-order valence-corrected chi connectivity index (χ0v) is 24.4. The Bertz CT molecular complexity index is 1480. The molecule has 0 aliphatic carbocycles. The quantitative estimate of drug-likeness (QED) is 0.356. The summed E-state index contributed by atoms with van der Waals surface area (Å²) in [6.07, 6.45) is -0.801. The first-order valence-electron chi connectivity index (χ1n) is 13.4. The van der Waals surface area contributed by atoms with Crippen molar-refractivity contribution >= 4 is 33.3 Å². The second-order valence-corrected chi connectivity index (χ2v) is 11.3. The van der Waals surface area contributed by atoms with Crippen molar-refractivity contribution in [3.05, 3.63) is 77.9 Å². The Labute approximate surface area is 240 Å². The van der Waals surface area contributed by atoms with E-state index in [2.05, 4.69) is 9.62 Å². The Morgan fingerprint density at radius 2 is 1.66 bits per heavy atom. The maximum atomic E-state index is 13.5. The summed E-state index contributed by atoms with van der Waals surface area (Å²) < 4.78 is 44.9. The summed E-state index contributed by atoms with van der Waals surface area (Å²) in [6.45, 7) is 7.57. The third kappa shape index (κ3) is 7.10. The minimum absolute atomic E-state index is 0.0182. The van der Waals surface area contributed by atoms with E-state index in [1.165, 1.54) is 24.3 Å². The molecule has 1 fully saturated rings. The van der Waals surface area contributed by atoms with Crippen LogP contribution in [0.25, 0.3) is 0 Å². The first-order valence-corrected chi connectivity index (χ1v) is 14.8. The molecule has 3 aromatic rings. The second-order valence-electron chi connectivity index (χ2n) is 9.57. The number of hydrogen-bond acceptors (Lipinski definition) is 8. The van der Waals surface area contributed by atoms with Crippen LogP contribution in [0.1, 0.15) is 29.8 Å². The van der Waals surface area contributed by atoms with E-state index in [0.717, 1.165) is 11.4 Å². The lowest BCUT2D eigenvalue weighted by molar-refractivity contribution is -0.150. The van der Waals surface area contributed by atoms with Gasteiger partial charge in [0.2, 0.25) is 0 Å². The molecule has 0 bridgehead atoms. The van der Waals surface area contributed by atoms with Crippen LogP contribution >= 0.6 is 0 Å². The fraction of sp³-hybridized carbons (Fsp3) is 0.333. The van der Waals surface area contributed by atoms with Gasteiger partial charge in [-0.1, -0.05) is 18.2 Å². The van der Waals surface area contributed by atoms with Crippen LogP contribution in [0.5, 0.6) is 11.5 Å². The summed E-state index contributed by atoms with van der Waals surface area (Å²) in [5.74, 6) is 0.473. The third-order valence-corrected chi connectivity index (χ3v) is 8.16. The molecule has 10 nitrogen and oxygen atoms in total. The summed E-state index contributed by atoms with van der Waals surface area (Å²) in [6, 6.07) is 18.5. The van der Waals surface area contributed by atoms with E-state index >= 15 is 0 Å². The van der Waals surface area contributed by atoms with Gasteiger partial charge in [0.05, 0.1) is 24.3 Å². The van der Waals surface area contributed by atoms with Crippen molar-refractivity contribution in [3.63, 3.8) is 0 Å². The Hall–Kier alpha value is -4.25. The van der Waals surface area contributed by atoms with Crippen molar-refractivity contribution in [2.45, 2.75) is 31.8 Å². The van der Waals surface area contributed by atoms with E-state index in [0.29, 0.717) is 48.7 Å². The van der Waals surface area contributed by atoms with Gasteiger partial charge in [0, 0.05) is 37.4 Å². The molecule has 0 aromatic heterocycles. The van der Waals surface area contributed by atoms with Crippen LogP contribution in [-0.4, -0.2) is 71.2 Å². The smallest absolute Gasteiger partial charge is 0.347 e. The van der Waals surface area contributed by atoms with Gasteiger partial charge in [-0.3, -0.25) is 9.52 Å². The molecule has 0 radical (unpaired) electrons. The number of ether oxygens (including phenoxy) is 3. The molecule has 1 saturated heterocycles. The highest BCUT2D eigenvalue weighted by molar-refractivity contribution is 7.92. The molecule has 11 heteroatoms. The number of amides is 1. The van der Waals surface area contributed by atoms with Gasteiger partial charge >= 0.3 is 5.97 Å². The molecule has 0 spiro atoms. The van der Waals surface area contributed by atoms with Gasteiger partial charge in [-0.05, 0) is 74.9 Å². The number of carbonyl (C=O) groups is 2. The third-order valence-electron chi connectivity index (χ3n) is 6.78. The number of piperazine rings is 1. The number of rotatable bonds is 10. The van der Waals surface area contributed by atoms with Crippen LogP contribution in [-0.2, 0) is 19.6 Å². The molecule has 218 valence electrons. The number of carbonyl (C=O) groups excluding carboxylic acids is 2. The van der Waals surface area contributed by atoms with Gasteiger partial charge in [0.15, 0.2) is 6.10 Å². The predicted molar refractivity (Wildman–Crippen MR) is 156 cm³/mol. The van der Waals surface area contributed by atoms with Gasteiger partial charge in [0.1, 0.15) is 11.5 Å². The van der Waals surface area contributed by atoms with Gasteiger partial charge in [-0.25, -0.2) is 13.2 Å². The van der Waals surface area contributed by atoms with Gasteiger partial charge in [-0.2, -0.15) is 0 Å². The molecular weight excluding hydrogens is 546 g/mol. The molecule has 1 aliphatic rings. The number of sulfonamides is 1. The first kappa shape index (κ1) is 29.7.